The van der Waals surface area contributed by atoms with Gasteiger partial charge in [-0.05, 0) is 35.0 Å². The van der Waals surface area contributed by atoms with Crippen LogP contribution in [-0.4, -0.2) is 22.5 Å². The summed E-state index contributed by atoms with van der Waals surface area (Å²) in [6.45, 7) is 0. The van der Waals surface area contributed by atoms with Crippen LogP contribution in [0.25, 0.3) is 22.4 Å². The van der Waals surface area contributed by atoms with Gasteiger partial charge in [0.1, 0.15) is 11.4 Å². The zero-order valence-corrected chi connectivity index (χ0v) is 11.0. The summed E-state index contributed by atoms with van der Waals surface area (Å²) in [6, 6.07) is 17.8. The second kappa shape index (κ2) is 5.48. The molecule has 0 aliphatic carbocycles. The fraction of sp³-hybridized carbons (Fsp3) is 0.0625. The molecule has 4 heteroatoms. The van der Waals surface area contributed by atoms with Gasteiger partial charge in [-0.2, -0.15) is 0 Å². The molecule has 20 heavy (non-hydrogen) atoms. The summed E-state index contributed by atoms with van der Waals surface area (Å²) in [7, 11) is 1.65. The van der Waals surface area contributed by atoms with Gasteiger partial charge < -0.3 is 4.74 Å². The van der Waals surface area contributed by atoms with E-state index in [2.05, 4.69) is 15.4 Å². The van der Waals surface area contributed by atoms with E-state index >= 15 is 0 Å². The molecule has 0 bridgehead atoms. The van der Waals surface area contributed by atoms with Crippen molar-refractivity contribution in [3.63, 3.8) is 0 Å². The average molecular weight is 263 g/mol. The van der Waals surface area contributed by atoms with Crippen LogP contribution in [0.3, 0.4) is 0 Å². The van der Waals surface area contributed by atoms with E-state index in [4.69, 9.17) is 4.74 Å². The lowest BCUT2D eigenvalue weighted by molar-refractivity contribution is 0.415. The molecule has 1 heterocycles. The zero-order valence-electron chi connectivity index (χ0n) is 11.0. The molecule has 3 aromatic rings. The summed E-state index contributed by atoms with van der Waals surface area (Å²) in [4.78, 5) is 0. The van der Waals surface area contributed by atoms with Gasteiger partial charge in [0, 0.05) is 11.1 Å². The Bertz CT molecular complexity index is 696. The van der Waals surface area contributed by atoms with Crippen molar-refractivity contribution in [3.05, 3.63) is 60.8 Å². The Labute approximate surface area is 117 Å². The molecule has 0 amide bonds. The van der Waals surface area contributed by atoms with Crippen LogP contribution in [-0.2, 0) is 0 Å². The fourth-order valence-electron chi connectivity index (χ4n) is 2.06. The summed E-state index contributed by atoms with van der Waals surface area (Å²) in [6.07, 6.45) is 1.74. The number of aromatic nitrogens is 3. The first-order valence-electron chi connectivity index (χ1n) is 6.26. The van der Waals surface area contributed by atoms with Crippen LogP contribution in [0.1, 0.15) is 0 Å². The van der Waals surface area contributed by atoms with E-state index < -0.39 is 0 Å². The Morgan fingerprint density at radius 1 is 0.850 bits per heavy atom. The molecule has 1 aromatic heterocycles. The van der Waals surface area contributed by atoms with Gasteiger partial charge in [-0.25, -0.2) is 0 Å². The molecular weight excluding hydrogens is 250 g/mol. The van der Waals surface area contributed by atoms with E-state index in [1.165, 1.54) is 0 Å². The third kappa shape index (κ3) is 2.36. The minimum atomic E-state index is 0.814. The molecule has 0 saturated carbocycles. The Balaban J connectivity index is 2.10. The van der Waals surface area contributed by atoms with Crippen molar-refractivity contribution < 1.29 is 4.74 Å². The summed E-state index contributed by atoms with van der Waals surface area (Å²) >= 11 is 0. The van der Waals surface area contributed by atoms with Crippen molar-refractivity contribution in [1.29, 1.82) is 0 Å². The third-order valence-electron chi connectivity index (χ3n) is 3.09. The van der Waals surface area contributed by atoms with E-state index in [1.54, 1.807) is 13.3 Å². The molecule has 98 valence electrons. The van der Waals surface area contributed by atoms with Crippen molar-refractivity contribution in [2.45, 2.75) is 0 Å². The zero-order chi connectivity index (χ0) is 13.8. The van der Waals surface area contributed by atoms with Crippen LogP contribution >= 0.6 is 0 Å². The number of hydrogen-bond acceptors (Lipinski definition) is 4. The monoisotopic (exact) mass is 263 g/mol. The minimum absolute atomic E-state index is 0.814. The Morgan fingerprint density at radius 2 is 1.60 bits per heavy atom. The standard InChI is InChI=1S/C16H13N3O/c1-20-14-9-7-13(8-10-14)16-15(11-17-19-18-16)12-5-3-2-4-6-12/h2-11H,1H3. The highest BCUT2D eigenvalue weighted by molar-refractivity contribution is 5.79. The molecule has 4 nitrogen and oxygen atoms in total. The predicted octanol–water partition coefficient (Wildman–Crippen LogP) is 3.21. The predicted molar refractivity (Wildman–Crippen MR) is 77.3 cm³/mol. The molecule has 0 radical (unpaired) electrons. The smallest absolute Gasteiger partial charge is 0.118 e. The van der Waals surface area contributed by atoms with E-state index in [1.807, 2.05) is 54.6 Å². The first kappa shape index (κ1) is 12.3. The summed E-state index contributed by atoms with van der Waals surface area (Å²) in [5.74, 6) is 0.817. The average Bonchev–Trinajstić information content (AvgIpc) is 2.56. The topological polar surface area (TPSA) is 47.9 Å². The highest BCUT2D eigenvalue weighted by Crippen LogP contribution is 2.29. The molecule has 0 aliphatic rings. The van der Waals surface area contributed by atoms with Gasteiger partial charge >= 0.3 is 0 Å². The van der Waals surface area contributed by atoms with Crippen LogP contribution in [0.4, 0.5) is 0 Å². The molecule has 0 aliphatic heterocycles. The number of hydrogen-bond donors (Lipinski definition) is 0. The number of rotatable bonds is 3. The van der Waals surface area contributed by atoms with Gasteiger partial charge in [-0.15, -0.1) is 10.2 Å². The lowest BCUT2D eigenvalue weighted by Gasteiger charge is -2.07. The number of methoxy groups -OCH3 is 1. The van der Waals surface area contributed by atoms with E-state index in [0.29, 0.717) is 0 Å². The SMILES string of the molecule is COc1ccc(-c2nnncc2-c2ccccc2)cc1. The lowest BCUT2D eigenvalue weighted by Crippen LogP contribution is -1.94. The molecule has 0 N–H and O–H groups in total. The number of ether oxygens (including phenoxy) is 1. The Kier molecular flexibility index (Phi) is 3.37. The third-order valence-corrected chi connectivity index (χ3v) is 3.09. The molecule has 0 saturated heterocycles. The van der Waals surface area contributed by atoms with Crippen LogP contribution in [0.15, 0.2) is 60.8 Å². The number of nitrogens with zero attached hydrogens (tertiary/aromatic N) is 3. The number of benzene rings is 2. The van der Waals surface area contributed by atoms with Crippen molar-refractivity contribution in [3.8, 4) is 28.1 Å². The normalized spacial score (nSPS) is 10.2. The van der Waals surface area contributed by atoms with Gasteiger partial charge in [0.15, 0.2) is 0 Å². The van der Waals surface area contributed by atoms with Gasteiger partial charge in [-0.3, -0.25) is 0 Å². The van der Waals surface area contributed by atoms with Crippen LogP contribution in [0.2, 0.25) is 0 Å². The van der Waals surface area contributed by atoms with Crippen molar-refractivity contribution in [2.24, 2.45) is 0 Å². The van der Waals surface area contributed by atoms with Gasteiger partial charge in [-0.1, -0.05) is 30.3 Å². The van der Waals surface area contributed by atoms with Crippen molar-refractivity contribution in [1.82, 2.24) is 15.4 Å². The maximum atomic E-state index is 5.17. The Hall–Kier alpha value is -2.75. The van der Waals surface area contributed by atoms with Gasteiger partial charge in [0.05, 0.1) is 13.3 Å². The van der Waals surface area contributed by atoms with Crippen molar-refractivity contribution in [2.75, 3.05) is 7.11 Å². The summed E-state index contributed by atoms with van der Waals surface area (Å²) in [5, 5.41) is 11.8. The highest BCUT2D eigenvalue weighted by atomic mass is 16.5. The second-order valence-electron chi connectivity index (χ2n) is 4.29. The largest absolute Gasteiger partial charge is 0.497 e. The van der Waals surface area contributed by atoms with E-state index in [-0.39, 0.29) is 0 Å². The fourth-order valence-corrected chi connectivity index (χ4v) is 2.06. The van der Waals surface area contributed by atoms with Crippen LogP contribution < -0.4 is 4.74 Å². The summed E-state index contributed by atoms with van der Waals surface area (Å²) in [5.41, 5.74) is 3.83. The van der Waals surface area contributed by atoms with E-state index in [0.717, 1.165) is 28.1 Å². The van der Waals surface area contributed by atoms with Crippen LogP contribution in [0.5, 0.6) is 5.75 Å². The highest BCUT2D eigenvalue weighted by Gasteiger charge is 2.09. The molecule has 0 spiro atoms. The van der Waals surface area contributed by atoms with Gasteiger partial charge in [0.25, 0.3) is 0 Å². The molecule has 0 fully saturated rings. The Morgan fingerprint density at radius 3 is 2.30 bits per heavy atom. The lowest BCUT2D eigenvalue weighted by atomic mass is 10.0. The first-order valence-corrected chi connectivity index (χ1v) is 6.26. The quantitative estimate of drug-likeness (QED) is 0.728. The molecule has 3 rings (SSSR count). The molecule has 0 atom stereocenters. The molecule has 0 unspecified atom stereocenters. The maximum absolute atomic E-state index is 5.17. The molecule has 2 aromatic carbocycles. The van der Waals surface area contributed by atoms with Gasteiger partial charge in [0.2, 0.25) is 0 Å². The maximum Gasteiger partial charge on any atom is 0.118 e. The van der Waals surface area contributed by atoms with Crippen LogP contribution in [0, 0.1) is 0 Å². The van der Waals surface area contributed by atoms with Crippen molar-refractivity contribution >= 4 is 0 Å². The second-order valence-corrected chi connectivity index (χ2v) is 4.29. The van der Waals surface area contributed by atoms with E-state index in [9.17, 15) is 0 Å². The first-order chi connectivity index (χ1) is 9.88. The molecular formula is C16H13N3O. The minimum Gasteiger partial charge on any atom is -0.497 e. The summed E-state index contributed by atoms with van der Waals surface area (Å²) < 4.78 is 5.17.